The maximum Gasteiger partial charge on any atom is 0.271 e. The van der Waals surface area contributed by atoms with E-state index in [2.05, 4.69) is 15.4 Å². The van der Waals surface area contributed by atoms with Crippen LogP contribution in [0.4, 0.5) is 5.82 Å². The monoisotopic (exact) mass is 417 g/mol. The van der Waals surface area contributed by atoms with Gasteiger partial charge in [-0.1, -0.05) is 18.2 Å². The highest BCUT2D eigenvalue weighted by Crippen LogP contribution is 2.32. The van der Waals surface area contributed by atoms with Crippen LogP contribution in [0.2, 0.25) is 0 Å². The van der Waals surface area contributed by atoms with Gasteiger partial charge in [0.2, 0.25) is 6.79 Å². The summed E-state index contributed by atoms with van der Waals surface area (Å²) in [5.74, 6) is 1.89. The van der Waals surface area contributed by atoms with Gasteiger partial charge in [0.15, 0.2) is 11.5 Å². The van der Waals surface area contributed by atoms with Gasteiger partial charge in [0.25, 0.3) is 5.91 Å². The third kappa shape index (κ3) is 3.72. The average molecular weight is 417 g/mol. The van der Waals surface area contributed by atoms with Crippen LogP contribution in [0.3, 0.4) is 0 Å². The molecule has 1 aromatic heterocycles. The second kappa shape index (κ2) is 8.14. The third-order valence-corrected chi connectivity index (χ3v) is 5.48. The molecule has 2 aliphatic heterocycles. The lowest BCUT2D eigenvalue weighted by molar-refractivity contribution is 0.0954. The summed E-state index contributed by atoms with van der Waals surface area (Å²) in [4.78, 5) is 14.9. The van der Waals surface area contributed by atoms with E-state index in [1.165, 1.54) is 0 Å². The highest BCUT2D eigenvalue weighted by atomic mass is 16.7. The van der Waals surface area contributed by atoms with Crippen molar-refractivity contribution in [3.05, 3.63) is 65.4 Å². The molecule has 0 saturated carbocycles. The minimum absolute atomic E-state index is 0.169. The SMILES string of the molecule is Cc1nn(-c2ccccc2)c(N2CCCC2)c1/C=N/NC(=O)c1ccc2c(c1)OCO2. The van der Waals surface area contributed by atoms with E-state index in [0.717, 1.165) is 48.7 Å². The Hall–Kier alpha value is -3.81. The molecule has 0 atom stereocenters. The summed E-state index contributed by atoms with van der Waals surface area (Å²) in [5, 5.41) is 9.00. The third-order valence-electron chi connectivity index (χ3n) is 5.48. The molecule has 0 unspecified atom stereocenters. The molecule has 1 amide bonds. The Morgan fingerprint density at radius 1 is 1.10 bits per heavy atom. The maximum absolute atomic E-state index is 12.5. The predicted molar refractivity (Wildman–Crippen MR) is 117 cm³/mol. The van der Waals surface area contributed by atoms with Crippen LogP contribution in [0.15, 0.2) is 53.6 Å². The zero-order valence-electron chi connectivity index (χ0n) is 17.2. The molecule has 0 bridgehead atoms. The molecule has 2 aromatic carbocycles. The van der Waals surface area contributed by atoms with Crippen molar-refractivity contribution in [2.45, 2.75) is 19.8 Å². The average Bonchev–Trinajstić information content (AvgIpc) is 3.54. The molecule has 1 saturated heterocycles. The fraction of sp³-hybridized carbons (Fsp3) is 0.261. The lowest BCUT2D eigenvalue weighted by atomic mass is 10.2. The summed E-state index contributed by atoms with van der Waals surface area (Å²) in [6.45, 7) is 4.08. The number of benzene rings is 2. The molecule has 31 heavy (non-hydrogen) atoms. The zero-order valence-corrected chi connectivity index (χ0v) is 17.2. The van der Waals surface area contributed by atoms with Crippen molar-refractivity contribution in [1.29, 1.82) is 0 Å². The van der Waals surface area contributed by atoms with Gasteiger partial charge < -0.3 is 14.4 Å². The van der Waals surface area contributed by atoms with Crippen LogP contribution in [0.5, 0.6) is 11.5 Å². The summed E-state index contributed by atoms with van der Waals surface area (Å²) in [6, 6.07) is 15.1. The second-order valence-electron chi connectivity index (χ2n) is 7.53. The summed E-state index contributed by atoms with van der Waals surface area (Å²) in [5.41, 5.74) is 5.82. The number of hydrogen-bond acceptors (Lipinski definition) is 6. The zero-order chi connectivity index (χ0) is 21.2. The first kappa shape index (κ1) is 19.2. The van der Waals surface area contributed by atoms with Crippen molar-refractivity contribution < 1.29 is 14.3 Å². The van der Waals surface area contributed by atoms with Gasteiger partial charge in [0.05, 0.1) is 23.2 Å². The van der Waals surface area contributed by atoms with Crippen molar-refractivity contribution in [2.75, 3.05) is 24.8 Å². The first-order valence-electron chi connectivity index (χ1n) is 10.3. The Labute approximate surface area is 180 Å². The molecule has 1 N–H and O–H groups in total. The normalized spacial score (nSPS) is 15.1. The van der Waals surface area contributed by atoms with Crippen molar-refractivity contribution >= 4 is 17.9 Å². The molecule has 3 heterocycles. The van der Waals surface area contributed by atoms with E-state index in [0.29, 0.717) is 17.1 Å². The van der Waals surface area contributed by atoms with Gasteiger partial charge in [-0.05, 0) is 50.1 Å². The van der Waals surface area contributed by atoms with Gasteiger partial charge in [-0.3, -0.25) is 4.79 Å². The Balaban J connectivity index is 1.41. The molecule has 0 radical (unpaired) electrons. The lowest BCUT2D eigenvalue weighted by Crippen LogP contribution is -2.23. The van der Waals surface area contributed by atoms with E-state index in [-0.39, 0.29) is 12.7 Å². The van der Waals surface area contributed by atoms with E-state index in [9.17, 15) is 4.79 Å². The number of carbonyl (C=O) groups is 1. The van der Waals surface area contributed by atoms with Gasteiger partial charge in [0.1, 0.15) is 5.82 Å². The van der Waals surface area contributed by atoms with Gasteiger partial charge in [-0.2, -0.15) is 10.2 Å². The number of anilines is 1. The van der Waals surface area contributed by atoms with Crippen LogP contribution in [0, 0.1) is 6.92 Å². The van der Waals surface area contributed by atoms with E-state index in [1.54, 1.807) is 24.4 Å². The second-order valence-corrected chi connectivity index (χ2v) is 7.53. The summed E-state index contributed by atoms with van der Waals surface area (Å²) in [7, 11) is 0. The molecule has 0 spiro atoms. The number of para-hydroxylation sites is 1. The number of rotatable bonds is 5. The number of nitrogens with one attached hydrogen (secondary N) is 1. The number of ether oxygens (including phenoxy) is 2. The Morgan fingerprint density at radius 2 is 1.87 bits per heavy atom. The van der Waals surface area contributed by atoms with Crippen molar-refractivity contribution in [1.82, 2.24) is 15.2 Å². The number of carbonyl (C=O) groups excluding carboxylic acids is 1. The maximum atomic E-state index is 12.5. The Morgan fingerprint density at radius 3 is 2.68 bits per heavy atom. The minimum atomic E-state index is -0.314. The van der Waals surface area contributed by atoms with Crippen molar-refractivity contribution in [3.8, 4) is 17.2 Å². The molecule has 8 heteroatoms. The first-order chi connectivity index (χ1) is 15.2. The van der Waals surface area contributed by atoms with Crippen LogP contribution in [-0.2, 0) is 0 Å². The van der Waals surface area contributed by atoms with Crippen molar-refractivity contribution in [2.24, 2.45) is 5.10 Å². The van der Waals surface area contributed by atoms with Crippen LogP contribution in [0.1, 0.15) is 34.5 Å². The molecule has 5 rings (SSSR count). The van der Waals surface area contributed by atoms with Gasteiger partial charge in [-0.15, -0.1) is 0 Å². The van der Waals surface area contributed by atoms with E-state index in [4.69, 9.17) is 14.6 Å². The smallest absolute Gasteiger partial charge is 0.271 e. The van der Waals surface area contributed by atoms with Crippen LogP contribution in [-0.4, -0.2) is 41.8 Å². The van der Waals surface area contributed by atoms with Crippen LogP contribution < -0.4 is 19.8 Å². The number of aromatic nitrogens is 2. The molecule has 2 aliphatic rings. The predicted octanol–water partition coefficient (Wildman–Crippen LogP) is 3.27. The lowest BCUT2D eigenvalue weighted by Gasteiger charge is -2.20. The van der Waals surface area contributed by atoms with E-state index >= 15 is 0 Å². The molecule has 1 fully saturated rings. The number of nitrogens with zero attached hydrogens (tertiary/aromatic N) is 4. The number of fused-ring (bicyclic) bond motifs is 1. The number of amides is 1. The van der Waals surface area contributed by atoms with E-state index < -0.39 is 0 Å². The van der Waals surface area contributed by atoms with E-state index in [1.807, 2.05) is 41.9 Å². The highest BCUT2D eigenvalue weighted by molar-refractivity contribution is 5.96. The fourth-order valence-corrected chi connectivity index (χ4v) is 3.92. The minimum Gasteiger partial charge on any atom is -0.454 e. The molecule has 3 aromatic rings. The number of hydrogen-bond donors (Lipinski definition) is 1. The standard InChI is InChI=1S/C23H23N5O3/c1-16-19(14-24-25-22(29)17-9-10-20-21(13-17)31-15-30-20)23(27-11-5-6-12-27)28(26-16)18-7-3-2-4-8-18/h2-4,7-10,13-14H,5-6,11-12,15H2,1H3,(H,25,29)/b24-14+. The van der Waals surface area contributed by atoms with Gasteiger partial charge in [0, 0.05) is 18.7 Å². The molecular weight excluding hydrogens is 394 g/mol. The molecular formula is C23H23N5O3. The molecule has 8 nitrogen and oxygen atoms in total. The topological polar surface area (TPSA) is 81.0 Å². The quantitative estimate of drug-likeness (QED) is 0.509. The van der Waals surface area contributed by atoms with Crippen LogP contribution in [0.25, 0.3) is 5.69 Å². The Bertz CT molecular complexity index is 1130. The molecule has 0 aliphatic carbocycles. The summed E-state index contributed by atoms with van der Waals surface area (Å²) in [6.07, 6.45) is 3.98. The number of aryl methyl sites for hydroxylation is 1. The molecule has 158 valence electrons. The van der Waals surface area contributed by atoms with Crippen LogP contribution >= 0.6 is 0 Å². The summed E-state index contributed by atoms with van der Waals surface area (Å²) >= 11 is 0. The van der Waals surface area contributed by atoms with Crippen molar-refractivity contribution in [3.63, 3.8) is 0 Å². The largest absolute Gasteiger partial charge is 0.454 e. The fourth-order valence-electron chi connectivity index (χ4n) is 3.92. The highest BCUT2D eigenvalue weighted by Gasteiger charge is 2.23. The van der Waals surface area contributed by atoms with Gasteiger partial charge >= 0.3 is 0 Å². The number of hydrazone groups is 1. The first-order valence-corrected chi connectivity index (χ1v) is 10.3. The van der Waals surface area contributed by atoms with Gasteiger partial charge in [-0.25, -0.2) is 10.1 Å². The Kier molecular flexibility index (Phi) is 5.03. The summed E-state index contributed by atoms with van der Waals surface area (Å²) < 4.78 is 12.6.